The van der Waals surface area contributed by atoms with Crippen molar-refractivity contribution in [1.82, 2.24) is 10.2 Å². The van der Waals surface area contributed by atoms with Crippen LogP contribution >= 0.6 is 15.9 Å². The second-order valence-electron chi connectivity index (χ2n) is 7.85. The summed E-state index contributed by atoms with van der Waals surface area (Å²) in [5.41, 5.74) is 1.34. The molecule has 2 bridgehead atoms. The van der Waals surface area contributed by atoms with Gasteiger partial charge in [0.1, 0.15) is 5.82 Å². The van der Waals surface area contributed by atoms with Crippen LogP contribution in [-0.4, -0.2) is 29.9 Å². The van der Waals surface area contributed by atoms with Gasteiger partial charge in [-0.15, -0.1) is 0 Å². The van der Waals surface area contributed by atoms with E-state index in [9.17, 15) is 9.18 Å². The first-order valence-electron chi connectivity index (χ1n) is 9.52. The number of fused-ring (bicyclic) bond motifs is 3. The van der Waals surface area contributed by atoms with E-state index in [0.717, 1.165) is 30.9 Å². The first-order chi connectivity index (χ1) is 13.0. The summed E-state index contributed by atoms with van der Waals surface area (Å²) in [5, 5.41) is 3.26. The molecule has 3 aliphatic rings. The molecule has 27 heavy (non-hydrogen) atoms. The Balaban J connectivity index is 1.71. The zero-order valence-electron chi connectivity index (χ0n) is 15.4. The molecule has 0 radical (unpaired) electrons. The van der Waals surface area contributed by atoms with Gasteiger partial charge >= 0.3 is 0 Å². The van der Waals surface area contributed by atoms with Crippen LogP contribution in [0.4, 0.5) is 4.39 Å². The molecule has 2 saturated heterocycles. The lowest BCUT2D eigenvalue weighted by molar-refractivity contribution is -0.0404. The number of hydrogen-bond donors (Lipinski definition) is 1. The van der Waals surface area contributed by atoms with Crippen molar-refractivity contribution in [3.8, 4) is 0 Å². The van der Waals surface area contributed by atoms with Crippen molar-refractivity contribution in [1.29, 1.82) is 0 Å². The summed E-state index contributed by atoms with van der Waals surface area (Å²) in [7, 11) is 2.17. The minimum atomic E-state index is -0.424. The van der Waals surface area contributed by atoms with Crippen LogP contribution < -0.4 is 5.32 Å². The van der Waals surface area contributed by atoms with Crippen LogP contribution in [-0.2, 0) is 0 Å². The van der Waals surface area contributed by atoms with Gasteiger partial charge in [0.2, 0.25) is 0 Å². The van der Waals surface area contributed by atoms with Gasteiger partial charge in [0.25, 0.3) is 5.91 Å². The molecule has 1 atom stereocenters. The van der Waals surface area contributed by atoms with Crippen molar-refractivity contribution in [2.75, 3.05) is 13.6 Å². The van der Waals surface area contributed by atoms with E-state index in [4.69, 9.17) is 0 Å². The van der Waals surface area contributed by atoms with E-state index >= 15 is 0 Å². The van der Waals surface area contributed by atoms with Gasteiger partial charge in [-0.2, -0.15) is 0 Å². The standard InChI is InChI=1S/C22H24BrFN2O/c1-26-14-15-10-12-22(26,13-11-15)20(16-6-3-2-4-7-16)25-21(27)17-8-5-9-18(24)19(17)23/h2-9,15,20H,10-14H2,1H3,(H,25,27). The monoisotopic (exact) mass is 430 g/mol. The van der Waals surface area contributed by atoms with Crippen molar-refractivity contribution in [2.45, 2.75) is 37.3 Å². The molecule has 1 unspecified atom stereocenters. The second-order valence-corrected chi connectivity index (χ2v) is 8.64. The molecule has 2 aliphatic heterocycles. The molecule has 1 aliphatic carbocycles. The van der Waals surface area contributed by atoms with Crippen molar-refractivity contribution < 1.29 is 9.18 Å². The Labute approximate surface area is 168 Å². The van der Waals surface area contributed by atoms with Crippen LogP contribution in [0, 0.1) is 11.7 Å². The van der Waals surface area contributed by atoms with Crippen molar-refractivity contribution in [3.63, 3.8) is 0 Å². The number of amides is 1. The van der Waals surface area contributed by atoms with Crippen molar-refractivity contribution >= 4 is 21.8 Å². The Kier molecular flexibility index (Phi) is 5.08. The van der Waals surface area contributed by atoms with Gasteiger partial charge in [-0.25, -0.2) is 4.39 Å². The van der Waals surface area contributed by atoms with E-state index in [1.54, 1.807) is 12.1 Å². The van der Waals surface area contributed by atoms with Crippen molar-refractivity contribution in [2.24, 2.45) is 5.92 Å². The summed E-state index contributed by atoms with van der Waals surface area (Å²) in [5.74, 6) is 0.0967. The first kappa shape index (κ1) is 18.6. The van der Waals surface area contributed by atoms with Gasteiger partial charge < -0.3 is 5.32 Å². The molecule has 3 nitrogen and oxygen atoms in total. The van der Waals surface area contributed by atoms with E-state index < -0.39 is 5.82 Å². The van der Waals surface area contributed by atoms with Crippen molar-refractivity contribution in [3.05, 3.63) is 69.9 Å². The maximum Gasteiger partial charge on any atom is 0.253 e. The lowest BCUT2D eigenvalue weighted by Crippen LogP contribution is -2.62. The number of likely N-dealkylation sites (N-methyl/N-ethyl adjacent to an activating group) is 1. The molecule has 2 aromatic rings. The molecule has 2 aromatic carbocycles. The molecule has 5 rings (SSSR count). The lowest BCUT2D eigenvalue weighted by Gasteiger charge is -2.57. The number of rotatable bonds is 4. The van der Waals surface area contributed by atoms with Crippen LogP contribution in [0.25, 0.3) is 0 Å². The van der Waals surface area contributed by atoms with Crippen LogP contribution in [0.5, 0.6) is 0 Å². The molecule has 1 amide bonds. The van der Waals surface area contributed by atoms with Gasteiger partial charge in [0, 0.05) is 12.1 Å². The molecule has 0 spiro atoms. The van der Waals surface area contributed by atoms with Crippen LogP contribution in [0.15, 0.2) is 53.0 Å². The Morgan fingerprint density at radius 1 is 1.19 bits per heavy atom. The van der Waals surface area contributed by atoms with Gasteiger partial charge in [-0.1, -0.05) is 36.4 Å². The molecule has 3 fully saturated rings. The first-order valence-corrected chi connectivity index (χ1v) is 10.3. The minimum Gasteiger partial charge on any atom is -0.343 e. The molecule has 5 heteroatoms. The number of carbonyl (C=O) groups excluding carboxylic acids is 1. The van der Waals surface area contributed by atoms with Gasteiger partial charge in [0.05, 0.1) is 16.1 Å². The predicted molar refractivity (Wildman–Crippen MR) is 108 cm³/mol. The summed E-state index contributed by atoms with van der Waals surface area (Å²) in [6.45, 7) is 1.07. The quantitative estimate of drug-likeness (QED) is 0.745. The fraction of sp³-hybridized carbons (Fsp3) is 0.409. The molecular weight excluding hydrogens is 407 g/mol. The number of hydrogen-bond acceptors (Lipinski definition) is 2. The predicted octanol–water partition coefficient (Wildman–Crippen LogP) is 4.93. The summed E-state index contributed by atoms with van der Waals surface area (Å²) in [6.07, 6.45) is 4.54. The average Bonchev–Trinajstić information content (AvgIpc) is 2.69. The highest BCUT2D eigenvalue weighted by molar-refractivity contribution is 9.10. The highest BCUT2D eigenvalue weighted by Gasteiger charge is 2.50. The Hall–Kier alpha value is -1.72. The molecule has 1 N–H and O–H groups in total. The van der Waals surface area contributed by atoms with Gasteiger partial charge in [0.15, 0.2) is 0 Å². The molecule has 1 saturated carbocycles. The number of piperidine rings is 2. The number of halogens is 2. The highest BCUT2D eigenvalue weighted by Crippen LogP contribution is 2.49. The zero-order valence-corrected chi connectivity index (χ0v) is 17.0. The highest BCUT2D eigenvalue weighted by atomic mass is 79.9. The third kappa shape index (κ3) is 3.32. The third-order valence-electron chi connectivity index (χ3n) is 6.41. The topological polar surface area (TPSA) is 32.3 Å². The zero-order chi connectivity index (χ0) is 19.0. The second kappa shape index (κ2) is 7.36. The normalized spacial score (nSPS) is 26.0. The van der Waals surface area contributed by atoms with Crippen LogP contribution in [0.2, 0.25) is 0 Å². The van der Waals surface area contributed by atoms with E-state index in [1.807, 2.05) is 18.2 Å². The molecule has 2 heterocycles. The summed E-state index contributed by atoms with van der Waals surface area (Å²) in [4.78, 5) is 15.5. The third-order valence-corrected chi connectivity index (χ3v) is 7.21. The maximum absolute atomic E-state index is 13.9. The van der Waals surface area contributed by atoms with Gasteiger partial charge in [-0.05, 0) is 72.3 Å². The fourth-order valence-corrected chi connectivity index (χ4v) is 5.33. The number of nitrogens with zero attached hydrogens (tertiary/aromatic N) is 1. The average molecular weight is 431 g/mol. The van der Waals surface area contributed by atoms with Crippen LogP contribution in [0.1, 0.15) is 47.6 Å². The Bertz CT molecular complexity index is 833. The largest absolute Gasteiger partial charge is 0.343 e. The number of benzene rings is 2. The SMILES string of the molecule is CN1CC2CCC1(C(NC(=O)c1cccc(F)c1Br)c1ccccc1)CC2. The fourth-order valence-electron chi connectivity index (χ4n) is 4.88. The van der Waals surface area contributed by atoms with E-state index in [1.165, 1.54) is 18.9 Å². The Morgan fingerprint density at radius 2 is 1.89 bits per heavy atom. The summed E-state index contributed by atoms with van der Waals surface area (Å²) >= 11 is 3.23. The van der Waals surface area contributed by atoms with E-state index in [0.29, 0.717) is 5.56 Å². The van der Waals surface area contributed by atoms with Gasteiger partial charge in [-0.3, -0.25) is 9.69 Å². The lowest BCUT2D eigenvalue weighted by atomic mass is 9.66. The Morgan fingerprint density at radius 3 is 2.56 bits per heavy atom. The van der Waals surface area contributed by atoms with E-state index in [2.05, 4.69) is 45.3 Å². The number of nitrogens with one attached hydrogen (secondary N) is 1. The maximum atomic E-state index is 13.9. The molecule has 0 aromatic heterocycles. The minimum absolute atomic E-state index is 0.0917. The summed E-state index contributed by atoms with van der Waals surface area (Å²) < 4.78 is 14.1. The van der Waals surface area contributed by atoms with Crippen LogP contribution in [0.3, 0.4) is 0 Å². The van der Waals surface area contributed by atoms with E-state index in [-0.39, 0.29) is 22.0 Å². The summed E-state index contributed by atoms with van der Waals surface area (Å²) in [6, 6.07) is 14.6. The smallest absolute Gasteiger partial charge is 0.253 e. The molecular formula is C22H24BrFN2O. The molecule has 142 valence electrons. The number of carbonyl (C=O) groups is 1.